The summed E-state index contributed by atoms with van der Waals surface area (Å²) in [6.07, 6.45) is 3.62. The van der Waals surface area contributed by atoms with Gasteiger partial charge in [0.25, 0.3) is 0 Å². The number of H-pyrrole nitrogens is 2. The van der Waals surface area contributed by atoms with Crippen molar-refractivity contribution in [2.75, 3.05) is 27.2 Å². The molecule has 30 heavy (non-hydrogen) atoms. The number of benzene rings is 2. The van der Waals surface area contributed by atoms with Gasteiger partial charge in [0.15, 0.2) is 0 Å². The molecule has 0 atom stereocenters. The maximum Gasteiger partial charge on any atom is 0.138 e. The maximum absolute atomic E-state index is 5.85. The zero-order chi connectivity index (χ0) is 20.5. The van der Waals surface area contributed by atoms with Crippen LogP contribution in [-0.2, 0) is 0 Å². The second-order valence-corrected chi connectivity index (χ2v) is 7.66. The molecule has 6 heteroatoms. The van der Waals surface area contributed by atoms with Gasteiger partial charge >= 0.3 is 0 Å². The van der Waals surface area contributed by atoms with Gasteiger partial charge in [-0.05, 0) is 50.0 Å². The van der Waals surface area contributed by atoms with E-state index in [0.29, 0.717) is 6.61 Å². The molecule has 6 nitrogen and oxygen atoms in total. The smallest absolute Gasteiger partial charge is 0.138 e. The number of aromatic amines is 2. The summed E-state index contributed by atoms with van der Waals surface area (Å²) in [7, 11) is 4.06. The molecule has 0 amide bonds. The molecule has 0 fully saturated rings. The van der Waals surface area contributed by atoms with Crippen LogP contribution in [0, 0.1) is 0 Å². The molecule has 0 bridgehead atoms. The number of hydrogen-bond donors (Lipinski definition) is 2. The molecular weight excluding hydrogens is 374 g/mol. The zero-order valence-corrected chi connectivity index (χ0v) is 17.0. The van der Waals surface area contributed by atoms with Gasteiger partial charge in [0.1, 0.15) is 18.1 Å². The summed E-state index contributed by atoms with van der Waals surface area (Å²) in [5.41, 5.74) is 6.10. The molecule has 0 radical (unpaired) electrons. The molecule has 5 aromatic rings. The Morgan fingerprint density at radius 2 is 1.83 bits per heavy atom. The molecule has 0 spiro atoms. The van der Waals surface area contributed by atoms with E-state index in [1.807, 2.05) is 38.5 Å². The molecule has 150 valence electrons. The van der Waals surface area contributed by atoms with Gasteiger partial charge in [-0.2, -0.15) is 5.10 Å². The molecule has 0 saturated carbocycles. The van der Waals surface area contributed by atoms with Crippen LogP contribution in [0.2, 0.25) is 0 Å². The van der Waals surface area contributed by atoms with E-state index >= 15 is 0 Å². The highest BCUT2D eigenvalue weighted by atomic mass is 16.5. The van der Waals surface area contributed by atoms with Crippen LogP contribution in [0.25, 0.3) is 44.3 Å². The number of ether oxygens (including phenoxy) is 1. The molecule has 0 unspecified atom stereocenters. The van der Waals surface area contributed by atoms with Crippen molar-refractivity contribution in [3.05, 3.63) is 67.0 Å². The van der Waals surface area contributed by atoms with Gasteiger partial charge in [0, 0.05) is 34.6 Å². The monoisotopic (exact) mass is 397 g/mol. The number of hydrogen-bond acceptors (Lipinski definition) is 4. The molecule has 2 aromatic carbocycles. The molecular formula is C24H23N5O. The van der Waals surface area contributed by atoms with E-state index in [1.54, 1.807) is 6.20 Å². The summed E-state index contributed by atoms with van der Waals surface area (Å²) in [6.45, 7) is 1.49. The van der Waals surface area contributed by atoms with E-state index in [2.05, 4.69) is 61.5 Å². The minimum Gasteiger partial charge on any atom is -0.491 e. The van der Waals surface area contributed by atoms with Crippen molar-refractivity contribution in [1.29, 1.82) is 0 Å². The fourth-order valence-electron chi connectivity index (χ4n) is 3.60. The highest BCUT2D eigenvalue weighted by Gasteiger charge is 2.12. The Balaban J connectivity index is 1.50. The van der Waals surface area contributed by atoms with Crippen LogP contribution in [0.1, 0.15) is 0 Å². The molecule has 0 aliphatic carbocycles. The normalized spacial score (nSPS) is 11.6. The first-order valence-corrected chi connectivity index (χ1v) is 9.96. The van der Waals surface area contributed by atoms with Gasteiger partial charge < -0.3 is 14.6 Å². The average Bonchev–Trinajstić information content (AvgIpc) is 3.37. The minimum absolute atomic E-state index is 0.628. The number of pyridine rings is 1. The number of nitrogens with zero attached hydrogens (tertiary/aromatic N) is 3. The quantitative estimate of drug-likeness (QED) is 0.435. The predicted octanol–water partition coefficient (Wildman–Crippen LogP) is 4.71. The first-order valence-electron chi connectivity index (χ1n) is 9.96. The Kier molecular flexibility index (Phi) is 4.69. The van der Waals surface area contributed by atoms with Crippen LogP contribution < -0.4 is 4.74 Å². The van der Waals surface area contributed by atoms with E-state index in [9.17, 15) is 0 Å². The molecule has 3 heterocycles. The van der Waals surface area contributed by atoms with E-state index < -0.39 is 0 Å². The lowest BCUT2D eigenvalue weighted by Gasteiger charge is -2.11. The third kappa shape index (κ3) is 3.53. The minimum atomic E-state index is 0.628. The summed E-state index contributed by atoms with van der Waals surface area (Å²) in [4.78, 5) is 9.93. The Bertz CT molecular complexity index is 1280. The number of likely N-dealkylation sites (N-methyl/N-ethyl adjacent to an activating group) is 1. The van der Waals surface area contributed by atoms with Gasteiger partial charge in [-0.25, -0.2) is 0 Å². The topological polar surface area (TPSA) is 69.8 Å². The lowest BCUT2D eigenvalue weighted by molar-refractivity contribution is 0.261. The zero-order valence-electron chi connectivity index (χ0n) is 17.0. The summed E-state index contributed by atoms with van der Waals surface area (Å²) in [6, 6.07) is 18.7. The van der Waals surface area contributed by atoms with Gasteiger partial charge in [-0.3, -0.25) is 10.1 Å². The number of fused-ring (bicyclic) bond motifs is 2. The largest absolute Gasteiger partial charge is 0.491 e. The fraction of sp³-hybridized carbons (Fsp3) is 0.167. The SMILES string of the molecule is CN(C)CCOc1cncc(-c2ccc3[nH]nc(-c4cc5ccccc5[nH]4)c3c2)c1. The van der Waals surface area contributed by atoms with Crippen LogP contribution in [-0.4, -0.2) is 52.3 Å². The first-order chi connectivity index (χ1) is 14.7. The lowest BCUT2D eigenvalue weighted by Crippen LogP contribution is -2.19. The highest BCUT2D eigenvalue weighted by molar-refractivity contribution is 5.97. The van der Waals surface area contributed by atoms with E-state index in [1.165, 1.54) is 5.39 Å². The second-order valence-electron chi connectivity index (χ2n) is 7.66. The van der Waals surface area contributed by atoms with Crippen LogP contribution >= 0.6 is 0 Å². The van der Waals surface area contributed by atoms with Gasteiger partial charge in [0.05, 0.1) is 17.4 Å². The van der Waals surface area contributed by atoms with E-state index in [-0.39, 0.29) is 0 Å². The van der Waals surface area contributed by atoms with Crippen LogP contribution in [0.3, 0.4) is 0 Å². The van der Waals surface area contributed by atoms with Crippen LogP contribution in [0.4, 0.5) is 0 Å². The highest BCUT2D eigenvalue weighted by Crippen LogP contribution is 2.32. The van der Waals surface area contributed by atoms with Crippen molar-refractivity contribution in [3.8, 4) is 28.3 Å². The second kappa shape index (κ2) is 7.65. The van der Waals surface area contributed by atoms with Crippen molar-refractivity contribution in [3.63, 3.8) is 0 Å². The Labute approximate surface area is 174 Å². The fourth-order valence-corrected chi connectivity index (χ4v) is 3.60. The number of rotatable bonds is 6. The van der Waals surface area contributed by atoms with Crippen LogP contribution in [0.5, 0.6) is 5.75 Å². The predicted molar refractivity (Wildman–Crippen MR) is 121 cm³/mol. The van der Waals surface area contributed by atoms with Crippen LogP contribution in [0.15, 0.2) is 67.0 Å². The van der Waals surface area contributed by atoms with E-state index in [4.69, 9.17) is 4.74 Å². The Morgan fingerprint density at radius 1 is 0.933 bits per heavy atom. The van der Waals surface area contributed by atoms with Crippen molar-refractivity contribution in [2.45, 2.75) is 0 Å². The van der Waals surface area contributed by atoms with Gasteiger partial charge in [-0.1, -0.05) is 24.3 Å². The maximum atomic E-state index is 5.85. The lowest BCUT2D eigenvalue weighted by atomic mass is 10.0. The van der Waals surface area contributed by atoms with Crippen molar-refractivity contribution in [1.82, 2.24) is 25.1 Å². The third-order valence-corrected chi connectivity index (χ3v) is 5.20. The Hall–Kier alpha value is -3.64. The summed E-state index contributed by atoms with van der Waals surface area (Å²) >= 11 is 0. The molecule has 0 aliphatic rings. The number of nitrogens with one attached hydrogen (secondary N) is 2. The molecule has 3 aromatic heterocycles. The third-order valence-electron chi connectivity index (χ3n) is 5.20. The standard InChI is InChI=1S/C24H23N5O/c1-29(2)9-10-30-19-11-18(14-25-15-19)16-7-8-22-20(12-16)24(28-27-22)23-13-17-5-3-4-6-21(17)26-23/h3-8,11-15,26H,9-10H2,1-2H3,(H,27,28). The first kappa shape index (κ1) is 18.4. The average molecular weight is 397 g/mol. The molecule has 0 saturated heterocycles. The van der Waals surface area contributed by atoms with E-state index in [0.717, 1.165) is 51.2 Å². The molecule has 0 aliphatic heterocycles. The van der Waals surface area contributed by atoms with Gasteiger partial charge in [-0.15, -0.1) is 0 Å². The number of aromatic nitrogens is 4. The summed E-state index contributed by atoms with van der Waals surface area (Å²) < 4.78 is 5.85. The molecule has 5 rings (SSSR count). The summed E-state index contributed by atoms with van der Waals surface area (Å²) in [5.74, 6) is 0.775. The Morgan fingerprint density at radius 3 is 2.70 bits per heavy atom. The number of para-hydroxylation sites is 1. The van der Waals surface area contributed by atoms with Crippen molar-refractivity contribution < 1.29 is 4.74 Å². The van der Waals surface area contributed by atoms with Gasteiger partial charge in [0.2, 0.25) is 0 Å². The molecule has 2 N–H and O–H groups in total. The van der Waals surface area contributed by atoms with Crippen molar-refractivity contribution >= 4 is 21.8 Å². The van der Waals surface area contributed by atoms with Crippen molar-refractivity contribution in [2.24, 2.45) is 0 Å². The summed E-state index contributed by atoms with van der Waals surface area (Å²) in [5, 5.41) is 9.95.